The summed E-state index contributed by atoms with van der Waals surface area (Å²) in [6.45, 7) is 2.39. The van der Waals surface area contributed by atoms with Crippen molar-refractivity contribution in [2.24, 2.45) is 0 Å². The van der Waals surface area contributed by atoms with Crippen LogP contribution in [-0.4, -0.2) is 15.1 Å². The Hall–Kier alpha value is -1.66. The predicted octanol–water partition coefficient (Wildman–Crippen LogP) is 3.25. The second-order valence-corrected chi connectivity index (χ2v) is 5.00. The summed E-state index contributed by atoms with van der Waals surface area (Å²) in [6.07, 6.45) is 0. The molecule has 0 aliphatic rings. The first-order valence-electron chi connectivity index (χ1n) is 5.29. The van der Waals surface area contributed by atoms with Crippen molar-refractivity contribution in [3.63, 3.8) is 0 Å². The Bertz CT molecular complexity index is 693. The molecule has 3 aromatic rings. The molecule has 0 saturated carbocycles. The third kappa shape index (κ3) is 2.16. The van der Waals surface area contributed by atoms with Crippen LogP contribution in [0.25, 0.3) is 10.2 Å². The Morgan fingerprint density at radius 1 is 1.44 bits per heavy atom. The van der Waals surface area contributed by atoms with Crippen molar-refractivity contribution in [3.8, 4) is 0 Å². The second kappa shape index (κ2) is 4.55. The molecule has 0 atom stereocenters. The molecule has 3 heterocycles. The molecule has 0 radical (unpaired) electrons. The van der Waals surface area contributed by atoms with Crippen LogP contribution in [0.4, 0.5) is 5.82 Å². The highest BCUT2D eigenvalue weighted by atomic mass is 35.5. The van der Waals surface area contributed by atoms with Gasteiger partial charge in [-0.15, -0.1) is 11.3 Å². The van der Waals surface area contributed by atoms with Crippen LogP contribution in [0.1, 0.15) is 11.5 Å². The quantitative estimate of drug-likeness (QED) is 0.746. The molecule has 7 heteroatoms. The first-order chi connectivity index (χ1) is 8.72. The van der Waals surface area contributed by atoms with Crippen molar-refractivity contribution in [3.05, 3.63) is 34.3 Å². The van der Waals surface area contributed by atoms with Crippen LogP contribution in [-0.2, 0) is 6.54 Å². The van der Waals surface area contributed by atoms with Gasteiger partial charge in [-0.3, -0.25) is 0 Å². The maximum atomic E-state index is 5.88. The van der Waals surface area contributed by atoms with Gasteiger partial charge in [0.2, 0.25) is 5.28 Å². The molecule has 92 valence electrons. The van der Waals surface area contributed by atoms with E-state index in [-0.39, 0.29) is 5.28 Å². The SMILES string of the molecule is Cc1cc(CNc2nc(Cl)nc3sccc23)on1. The highest BCUT2D eigenvalue weighted by molar-refractivity contribution is 7.16. The molecule has 0 saturated heterocycles. The Morgan fingerprint density at radius 3 is 3.11 bits per heavy atom. The molecule has 1 N–H and O–H groups in total. The largest absolute Gasteiger partial charge is 0.362 e. The van der Waals surface area contributed by atoms with E-state index < -0.39 is 0 Å². The fourth-order valence-corrected chi connectivity index (χ4v) is 2.62. The molecule has 0 aromatic carbocycles. The molecule has 0 unspecified atom stereocenters. The van der Waals surface area contributed by atoms with Crippen LogP contribution in [0, 0.1) is 6.92 Å². The number of nitrogens with one attached hydrogen (secondary N) is 1. The number of aryl methyl sites for hydroxylation is 1. The van der Waals surface area contributed by atoms with Crippen molar-refractivity contribution in [2.45, 2.75) is 13.5 Å². The molecule has 0 spiro atoms. The molecule has 0 bridgehead atoms. The van der Waals surface area contributed by atoms with Crippen molar-refractivity contribution < 1.29 is 4.52 Å². The third-order valence-electron chi connectivity index (χ3n) is 2.40. The van der Waals surface area contributed by atoms with Gasteiger partial charge in [0.1, 0.15) is 10.6 Å². The van der Waals surface area contributed by atoms with Crippen molar-refractivity contribution in [1.29, 1.82) is 0 Å². The number of anilines is 1. The summed E-state index contributed by atoms with van der Waals surface area (Å²) in [5, 5.41) is 10.2. The Labute approximate surface area is 112 Å². The van der Waals surface area contributed by atoms with Gasteiger partial charge in [-0.25, -0.2) is 9.97 Å². The molecule has 0 amide bonds. The molecular formula is C11H9ClN4OS. The van der Waals surface area contributed by atoms with E-state index in [1.807, 2.05) is 24.4 Å². The monoisotopic (exact) mass is 280 g/mol. The standard InChI is InChI=1S/C11H9ClN4OS/c1-6-4-7(17-16-6)5-13-9-8-2-3-18-10(8)15-11(12)14-9/h2-4H,5H2,1H3,(H,13,14,15). The van der Waals surface area contributed by atoms with Gasteiger partial charge in [0, 0.05) is 6.07 Å². The maximum Gasteiger partial charge on any atom is 0.225 e. The number of hydrogen-bond acceptors (Lipinski definition) is 6. The van der Waals surface area contributed by atoms with Gasteiger partial charge < -0.3 is 9.84 Å². The van der Waals surface area contributed by atoms with Crippen molar-refractivity contribution in [2.75, 3.05) is 5.32 Å². The van der Waals surface area contributed by atoms with E-state index in [9.17, 15) is 0 Å². The molecule has 3 aromatic heterocycles. The van der Waals surface area contributed by atoms with Crippen LogP contribution in [0.3, 0.4) is 0 Å². The summed E-state index contributed by atoms with van der Waals surface area (Å²) in [5.74, 6) is 1.46. The van der Waals surface area contributed by atoms with Crippen LogP contribution in [0.15, 0.2) is 22.0 Å². The number of aromatic nitrogens is 3. The fraction of sp³-hybridized carbons (Fsp3) is 0.182. The zero-order valence-electron chi connectivity index (χ0n) is 9.48. The van der Waals surface area contributed by atoms with Crippen molar-refractivity contribution >= 4 is 39.0 Å². The topological polar surface area (TPSA) is 63.8 Å². The first-order valence-corrected chi connectivity index (χ1v) is 6.55. The molecule has 0 aliphatic heterocycles. The molecular weight excluding hydrogens is 272 g/mol. The molecule has 0 aliphatic carbocycles. The smallest absolute Gasteiger partial charge is 0.225 e. The highest BCUT2D eigenvalue weighted by Gasteiger charge is 2.08. The summed E-state index contributed by atoms with van der Waals surface area (Å²) in [4.78, 5) is 9.20. The summed E-state index contributed by atoms with van der Waals surface area (Å²) in [5.41, 5.74) is 0.855. The second-order valence-electron chi connectivity index (χ2n) is 3.77. The average molecular weight is 281 g/mol. The van der Waals surface area contributed by atoms with Crippen LogP contribution in [0.5, 0.6) is 0 Å². The predicted molar refractivity (Wildman–Crippen MR) is 71.0 cm³/mol. The lowest BCUT2D eigenvalue weighted by Gasteiger charge is -2.04. The van der Waals surface area contributed by atoms with E-state index in [0.29, 0.717) is 12.4 Å². The van der Waals surface area contributed by atoms with E-state index >= 15 is 0 Å². The summed E-state index contributed by atoms with van der Waals surface area (Å²) < 4.78 is 5.12. The lowest BCUT2D eigenvalue weighted by molar-refractivity contribution is 0.384. The van der Waals surface area contributed by atoms with Gasteiger partial charge in [-0.1, -0.05) is 5.16 Å². The lowest BCUT2D eigenvalue weighted by atomic mass is 10.3. The number of thiophene rings is 1. The number of hydrogen-bond donors (Lipinski definition) is 1. The van der Waals surface area contributed by atoms with Gasteiger partial charge in [0.15, 0.2) is 5.76 Å². The van der Waals surface area contributed by atoms with Crippen LogP contribution in [0.2, 0.25) is 5.28 Å². The summed E-state index contributed by atoms with van der Waals surface area (Å²) >= 11 is 7.41. The van der Waals surface area contributed by atoms with Gasteiger partial charge in [-0.2, -0.15) is 0 Å². The Morgan fingerprint density at radius 2 is 2.33 bits per heavy atom. The number of fused-ring (bicyclic) bond motifs is 1. The normalized spacial score (nSPS) is 11.0. The van der Waals surface area contributed by atoms with Crippen molar-refractivity contribution in [1.82, 2.24) is 15.1 Å². The zero-order chi connectivity index (χ0) is 12.5. The minimum atomic E-state index is 0.237. The Balaban J connectivity index is 1.87. The molecule has 3 rings (SSSR count). The average Bonchev–Trinajstić information content (AvgIpc) is 2.94. The maximum absolute atomic E-state index is 5.88. The van der Waals surface area contributed by atoms with E-state index in [1.165, 1.54) is 11.3 Å². The molecule has 5 nitrogen and oxygen atoms in total. The highest BCUT2D eigenvalue weighted by Crippen LogP contribution is 2.26. The van der Waals surface area contributed by atoms with Gasteiger partial charge in [-0.05, 0) is 30.0 Å². The fourth-order valence-electron chi connectivity index (χ4n) is 1.63. The van der Waals surface area contributed by atoms with Gasteiger partial charge >= 0.3 is 0 Å². The minimum Gasteiger partial charge on any atom is -0.362 e. The van der Waals surface area contributed by atoms with Crippen LogP contribution < -0.4 is 5.32 Å². The lowest BCUT2D eigenvalue weighted by Crippen LogP contribution is -2.01. The number of nitrogens with zero attached hydrogens (tertiary/aromatic N) is 3. The summed E-state index contributed by atoms with van der Waals surface area (Å²) in [7, 11) is 0. The zero-order valence-corrected chi connectivity index (χ0v) is 11.0. The van der Waals surface area contributed by atoms with E-state index in [4.69, 9.17) is 16.1 Å². The summed E-state index contributed by atoms with van der Waals surface area (Å²) in [6, 6.07) is 3.84. The number of halogens is 1. The third-order valence-corrected chi connectivity index (χ3v) is 3.38. The van der Waals surface area contributed by atoms with Gasteiger partial charge in [0.05, 0.1) is 17.6 Å². The van der Waals surface area contributed by atoms with E-state index in [0.717, 1.165) is 21.7 Å². The minimum absolute atomic E-state index is 0.237. The van der Waals surface area contributed by atoms with E-state index in [2.05, 4.69) is 20.4 Å². The number of rotatable bonds is 3. The first kappa shape index (κ1) is 11.4. The molecule has 18 heavy (non-hydrogen) atoms. The van der Waals surface area contributed by atoms with Gasteiger partial charge in [0.25, 0.3) is 0 Å². The van der Waals surface area contributed by atoms with Crippen LogP contribution >= 0.6 is 22.9 Å². The molecule has 0 fully saturated rings. The van der Waals surface area contributed by atoms with E-state index in [1.54, 1.807) is 0 Å². The Kier molecular flexibility index (Phi) is 2.89.